The molecule has 0 aromatic heterocycles. The maximum absolute atomic E-state index is 5.83. The number of hydrogen-bond acceptors (Lipinski definition) is 3. The van der Waals surface area contributed by atoms with Gasteiger partial charge in [0.2, 0.25) is 6.29 Å². The zero-order valence-corrected chi connectivity index (χ0v) is 8.61. The molecule has 1 saturated carbocycles. The topological polar surface area (TPSA) is 44.5 Å². The first-order valence-corrected chi connectivity index (χ1v) is 5.56. The van der Waals surface area contributed by atoms with Gasteiger partial charge in [-0.2, -0.15) is 0 Å². The molecule has 0 bridgehead atoms. The monoisotopic (exact) mass is 205 g/mol. The second kappa shape index (κ2) is 3.33. The fourth-order valence-electron chi connectivity index (χ4n) is 2.44. The Hall–Kier alpha value is -1.38. The molecule has 1 fully saturated rings. The van der Waals surface area contributed by atoms with E-state index in [9.17, 15) is 0 Å². The zero-order chi connectivity index (χ0) is 10.3. The van der Waals surface area contributed by atoms with Crippen molar-refractivity contribution in [1.29, 1.82) is 0 Å². The fourth-order valence-corrected chi connectivity index (χ4v) is 2.44. The second-order valence-electron chi connectivity index (χ2n) is 4.32. The van der Waals surface area contributed by atoms with E-state index in [1.54, 1.807) is 0 Å². The molecule has 1 aromatic rings. The molecule has 1 atom stereocenters. The SMILES string of the molecule is Nc1cccc2c1OC(C1CCCC1)O2. The summed E-state index contributed by atoms with van der Waals surface area (Å²) in [5.41, 5.74) is 6.50. The average Bonchev–Trinajstić information content (AvgIpc) is 2.86. The summed E-state index contributed by atoms with van der Waals surface area (Å²) in [6.07, 6.45) is 4.89. The van der Waals surface area contributed by atoms with Crippen molar-refractivity contribution < 1.29 is 9.47 Å². The van der Waals surface area contributed by atoms with Gasteiger partial charge < -0.3 is 15.2 Å². The Labute approximate surface area is 89.2 Å². The highest BCUT2D eigenvalue weighted by molar-refractivity contribution is 5.61. The summed E-state index contributed by atoms with van der Waals surface area (Å²) in [6, 6.07) is 5.66. The Bertz CT molecular complexity index is 372. The number of nitrogen functional groups attached to an aromatic ring is 1. The molecule has 1 unspecified atom stereocenters. The van der Waals surface area contributed by atoms with Crippen LogP contribution in [0.1, 0.15) is 25.7 Å². The molecule has 80 valence electrons. The normalized spacial score (nSPS) is 24.7. The van der Waals surface area contributed by atoms with Gasteiger partial charge in [0.1, 0.15) is 0 Å². The van der Waals surface area contributed by atoms with E-state index in [4.69, 9.17) is 15.2 Å². The van der Waals surface area contributed by atoms with E-state index in [-0.39, 0.29) is 6.29 Å². The highest BCUT2D eigenvalue weighted by Crippen LogP contribution is 2.43. The van der Waals surface area contributed by atoms with E-state index < -0.39 is 0 Å². The number of fused-ring (bicyclic) bond motifs is 1. The van der Waals surface area contributed by atoms with Crippen molar-refractivity contribution in [3.8, 4) is 11.5 Å². The van der Waals surface area contributed by atoms with Crippen LogP contribution >= 0.6 is 0 Å². The lowest BCUT2D eigenvalue weighted by Crippen LogP contribution is -2.26. The molecule has 1 aliphatic carbocycles. The van der Waals surface area contributed by atoms with Gasteiger partial charge >= 0.3 is 0 Å². The number of hydrogen-bond donors (Lipinski definition) is 1. The molecule has 3 rings (SSSR count). The third-order valence-corrected chi connectivity index (χ3v) is 3.27. The summed E-state index contributed by atoms with van der Waals surface area (Å²) in [5.74, 6) is 2.07. The number of nitrogens with two attached hydrogens (primary N) is 1. The standard InChI is InChI=1S/C12H15NO2/c13-9-6-3-7-10-11(9)15-12(14-10)8-4-1-2-5-8/h3,6-8,12H,1-2,4-5,13H2. The lowest BCUT2D eigenvalue weighted by atomic mass is 10.1. The fraction of sp³-hybridized carbons (Fsp3) is 0.500. The first-order chi connectivity index (χ1) is 7.34. The van der Waals surface area contributed by atoms with Crippen molar-refractivity contribution in [2.75, 3.05) is 5.73 Å². The number of ether oxygens (including phenoxy) is 2. The van der Waals surface area contributed by atoms with E-state index in [2.05, 4.69) is 0 Å². The molecule has 3 heteroatoms. The smallest absolute Gasteiger partial charge is 0.244 e. The molecule has 0 spiro atoms. The van der Waals surface area contributed by atoms with Gasteiger partial charge in [-0.3, -0.25) is 0 Å². The van der Waals surface area contributed by atoms with Crippen molar-refractivity contribution in [2.45, 2.75) is 32.0 Å². The number of anilines is 1. The van der Waals surface area contributed by atoms with Gasteiger partial charge in [0.15, 0.2) is 11.5 Å². The summed E-state index contributed by atoms with van der Waals surface area (Å²) in [4.78, 5) is 0. The van der Waals surface area contributed by atoms with Gasteiger partial charge in [-0.25, -0.2) is 0 Å². The van der Waals surface area contributed by atoms with Crippen molar-refractivity contribution in [1.82, 2.24) is 0 Å². The molecule has 2 N–H and O–H groups in total. The van der Waals surface area contributed by atoms with Crippen LogP contribution in [0.2, 0.25) is 0 Å². The number of para-hydroxylation sites is 1. The second-order valence-corrected chi connectivity index (χ2v) is 4.32. The van der Waals surface area contributed by atoms with Gasteiger partial charge in [-0.15, -0.1) is 0 Å². The molecule has 0 saturated heterocycles. The van der Waals surface area contributed by atoms with Crippen molar-refractivity contribution in [3.63, 3.8) is 0 Å². The lowest BCUT2D eigenvalue weighted by molar-refractivity contribution is -0.00125. The highest BCUT2D eigenvalue weighted by Gasteiger charge is 2.34. The Kier molecular flexibility index (Phi) is 1.97. The molecule has 3 nitrogen and oxygen atoms in total. The van der Waals surface area contributed by atoms with E-state index >= 15 is 0 Å². The molecule has 15 heavy (non-hydrogen) atoms. The number of benzene rings is 1. The average molecular weight is 205 g/mol. The number of rotatable bonds is 1. The summed E-state index contributed by atoms with van der Waals surface area (Å²) >= 11 is 0. The van der Waals surface area contributed by atoms with Gasteiger partial charge in [0.25, 0.3) is 0 Å². The van der Waals surface area contributed by atoms with Crippen LogP contribution in [0.4, 0.5) is 5.69 Å². The van der Waals surface area contributed by atoms with Gasteiger partial charge in [-0.05, 0) is 25.0 Å². The Morgan fingerprint density at radius 1 is 1.13 bits per heavy atom. The molecule has 1 heterocycles. The Balaban J connectivity index is 1.82. The predicted molar refractivity (Wildman–Crippen MR) is 57.9 cm³/mol. The van der Waals surface area contributed by atoms with E-state index in [0.717, 1.165) is 11.5 Å². The maximum atomic E-state index is 5.83. The molecule has 1 aliphatic heterocycles. The minimum Gasteiger partial charge on any atom is -0.451 e. The first kappa shape index (κ1) is 8.89. The Morgan fingerprint density at radius 3 is 2.67 bits per heavy atom. The van der Waals surface area contributed by atoms with Gasteiger partial charge in [0, 0.05) is 5.92 Å². The molecule has 0 radical (unpaired) electrons. The molecule has 0 amide bonds. The van der Waals surface area contributed by atoms with Crippen LogP contribution in [0.25, 0.3) is 0 Å². The summed E-state index contributed by atoms with van der Waals surface area (Å²) in [6.45, 7) is 0. The van der Waals surface area contributed by atoms with Crippen LogP contribution < -0.4 is 15.2 Å². The van der Waals surface area contributed by atoms with E-state index in [1.807, 2.05) is 18.2 Å². The molecule has 1 aromatic carbocycles. The van der Waals surface area contributed by atoms with Crippen LogP contribution in [0, 0.1) is 5.92 Å². The third kappa shape index (κ3) is 1.42. The van der Waals surface area contributed by atoms with Crippen LogP contribution in [0.5, 0.6) is 11.5 Å². The minimum atomic E-state index is -0.104. The maximum Gasteiger partial charge on any atom is 0.244 e. The minimum absolute atomic E-state index is 0.104. The largest absolute Gasteiger partial charge is 0.451 e. The summed E-state index contributed by atoms with van der Waals surface area (Å²) < 4.78 is 11.5. The lowest BCUT2D eigenvalue weighted by Gasteiger charge is -2.16. The van der Waals surface area contributed by atoms with Crippen LogP contribution in [-0.4, -0.2) is 6.29 Å². The van der Waals surface area contributed by atoms with Crippen molar-refractivity contribution >= 4 is 5.69 Å². The molecular formula is C12H15NO2. The first-order valence-electron chi connectivity index (χ1n) is 5.56. The van der Waals surface area contributed by atoms with Crippen LogP contribution in [0.3, 0.4) is 0 Å². The van der Waals surface area contributed by atoms with Gasteiger partial charge in [0.05, 0.1) is 5.69 Å². The zero-order valence-electron chi connectivity index (χ0n) is 8.61. The van der Waals surface area contributed by atoms with Crippen molar-refractivity contribution in [2.24, 2.45) is 5.92 Å². The van der Waals surface area contributed by atoms with E-state index in [0.29, 0.717) is 11.6 Å². The van der Waals surface area contributed by atoms with Crippen LogP contribution in [-0.2, 0) is 0 Å². The molecular weight excluding hydrogens is 190 g/mol. The molecule has 2 aliphatic rings. The quantitative estimate of drug-likeness (QED) is 0.716. The van der Waals surface area contributed by atoms with Crippen molar-refractivity contribution in [3.05, 3.63) is 18.2 Å². The third-order valence-electron chi connectivity index (χ3n) is 3.27. The van der Waals surface area contributed by atoms with Crippen LogP contribution in [0.15, 0.2) is 18.2 Å². The van der Waals surface area contributed by atoms with E-state index in [1.165, 1.54) is 25.7 Å². The highest BCUT2D eigenvalue weighted by atomic mass is 16.7. The predicted octanol–water partition coefficient (Wildman–Crippen LogP) is 2.56. The summed E-state index contributed by atoms with van der Waals surface area (Å²) in [5, 5.41) is 0. The van der Waals surface area contributed by atoms with Gasteiger partial charge in [-0.1, -0.05) is 18.9 Å². The summed E-state index contributed by atoms with van der Waals surface area (Å²) in [7, 11) is 0. The Morgan fingerprint density at radius 2 is 1.93 bits per heavy atom.